The molecule has 1 aromatic heterocycles. The fraction of sp³-hybridized carbons (Fsp3) is 0.562. The van der Waals surface area contributed by atoms with Gasteiger partial charge in [-0.3, -0.25) is 0 Å². The van der Waals surface area contributed by atoms with Crippen molar-refractivity contribution in [1.82, 2.24) is 9.55 Å². The lowest BCUT2D eigenvalue weighted by atomic mass is 10.0. The van der Waals surface area contributed by atoms with Crippen molar-refractivity contribution in [2.75, 3.05) is 13.2 Å². The molecule has 0 amide bonds. The summed E-state index contributed by atoms with van der Waals surface area (Å²) in [5.41, 5.74) is 2.02. The molecule has 0 aliphatic carbocycles. The van der Waals surface area contributed by atoms with Crippen LogP contribution in [-0.2, 0) is 10.6 Å². The zero-order valence-corrected chi connectivity index (χ0v) is 13.3. The van der Waals surface area contributed by atoms with E-state index in [-0.39, 0.29) is 6.10 Å². The summed E-state index contributed by atoms with van der Waals surface area (Å²) in [4.78, 5) is 4.72. The van der Waals surface area contributed by atoms with Crippen LogP contribution in [0.5, 0.6) is 5.75 Å². The Kier molecular flexibility index (Phi) is 4.36. The number of ether oxygens (including phenoxy) is 2. The van der Waals surface area contributed by atoms with E-state index in [2.05, 4.69) is 17.6 Å². The molecule has 0 radical (unpaired) electrons. The Morgan fingerprint density at radius 3 is 3.05 bits per heavy atom. The summed E-state index contributed by atoms with van der Waals surface area (Å²) >= 11 is 6.13. The van der Waals surface area contributed by atoms with Crippen molar-refractivity contribution in [3.8, 4) is 5.75 Å². The summed E-state index contributed by atoms with van der Waals surface area (Å²) in [7, 11) is 0. The van der Waals surface area contributed by atoms with Crippen LogP contribution >= 0.6 is 11.6 Å². The van der Waals surface area contributed by atoms with E-state index in [0.29, 0.717) is 18.5 Å². The highest BCUT2D eigenvalue weighted by Gasteiger charge is 2.25. The number of para-hydroxylation sites is 1. The first-order valence-corrected chi connectivity index (χ1v) is 8.08. The second-order valence-corrected chi connectivity index (χ2v) is 5.72. The summed E-state index contributed by atoms with van der Waals surface area (Å²) in [5.74, 6) is 2.16. The maximum absolute atomic E-state index is 6.13. The van der Waals surface area contributed by atoms with Gasteiger partial charge in [0.2, 0.25) is 0 Å². The van der Waals surface area contributed by atoms with Gasteiger partial charge < -0.3 is 14.0 Å². The molecule has 2 aromatic rings. The molecule has 5 heteroatoms. The maximum Gasteiger partial charge on any atom is 0.147 e. The summed E-state index contributed by atoms with van der Waals surface area (Å²) in [6, 6.07) is 6.48. The van der Waals surface area contributed by atoms with Gasteiger partial charge in [-0.2, -0.15) is 0 Å². The Morgan fingerprint density at radius 1 is 1.48 bits per heavy atom. The third kappa shape index (κ3) is 2.74. The predicted octanol–water partition coefficient (Wildman–Crippen LogP) is 3.91. The van der Waals surface area contributed by atoms with E-state index < -0.39 is 0 Å². The smallest absolute Gasteiger partial charge is 0.147 e. The molecular formula is C16H21ClN2O2. The largest absolute Gasteiger partial charge is 0.492 e. The van der Waals surface area contributed by atoms with E-state index in [1.807, 2.05) is 19.1 Å². The minimum absolute atomic E-state index is 0.277. The quantitative estimate of drug-likeness (QED) is 0.803. The first kappa shape index (κ1) is 14.7. The Hall–Kier alpha value is -1.26. The molecule has 2 atom stereocenters. The van der Waals surface area contributed by atoms with E-state index in [9.17, 15) is 0 Å². The molecule has 21 heavy (non-hydrogen) atoms. The van der Waals surface area contributed by atoms with Crippen LogP contribution in [0.25, 0.3) is 11.0 Å². The number of alkyl halides is 1. The predicted molar refractivity (Wildman–Crippen MR) is 84.1 cm³/mol. The van der Waals surface area contributed by atoms with Crippen LogP contribution in [0, 0.1) is 0 Å². The van der Waals surface area contributed by atoms with Crippen LogP contribution in [0.1, 0.15) is 38.6 Å². The SMILES string of the molecule is CCOc1cccc2c1nc(CCl)n2C1CCOC(C)C1. The van der Waals surface area contributed by atoms with Gasteiger partial charge in [0.05, 0.1) is 24.1 Å². The van der Waals surface area contributed by atoms with E-state index in [4.69, 9.17) is 26.1 Å². The standard InChI is InChI=1S/C16H21ClN2O2/c1-3-20-14-6-4-5-13-16(14)18-15(10-17)19(13)12-7-8-21-11(2)9-12/h4-6,11-12H,3,7-10H2,1-2H3. The molecule has 1 aromatic carbocycles. The molecule has 0 N–H and O–H groups in total. The Balaban J connectivity index is 2.09. The number of benzene rings is 1. The zero-order valence-electron chi connectivity index (χ0n) is 12.5. The van der Waals surface area contributed by atoms with Gasteiger partial charge in [0.1, 0.15) is 17.1 Å². The summed E-state index contributed by atoms with van der Waals surface area (Å²) in [5, 5.41) is 0. The van der Waals surface area contributed by atoms with Crippen LogP contribution in [0.2, 0.25) is 0 Å². The molecule has 1 saturated heterocycles. The molecule has 4 nitrogen and oxygen atoms in total. The van der Waals surface area contributed by atoms with Gasteiger partial charge in [0, 0.05) is 12.6 Å². The van der Waals surface area contributed by atoms with Crippen molar-refractivity contribution in [3.63, 3.8) is 0 Å². The van der Waals surface area contributed by atoms with Crippen molar-refractivity contribution in [2.24, 2.45) is 0 Å². The van der Waals surface area contributed by atoms with Crippen LogP contribution in [-0.4, -0.2) is 28.9 Å². The lowest BCUT2D eigenvalue weighted by molar-refractivity contribution is 0.00633. The molecular weight excluding hydrogens is 288 g/mol. The number of imidazole rings is 1. The summed E-state index contributed by atoms with van der Waals surface area (Å²) in [6.45, 7) is 5.53. The highest BCUT2D eigenvalue weighted by atomic mass is 35.5. The monoisotopic (exact) mass is 308 g/mol. The fourth-order valence-corrected chi connectivity index (χ4v) is 3.31. The summed E-state index contributed by atoms with van der Waals surface area (Å²) in [6.07, 6.45) is 2.27. The number of hydrogen-bond donors (Lipinski definition) is 0. The molecule has 2 unspecified atom stereocenters. The lowest BCUT2D eigenvalue weighted by Crippen LogP contribution is -2.26. The average Bonchev–Trinajstić information content (AvgIpc) is 2.87. The van der Waals surface area contributed by atoms with E-state index in [1.165, 1.54) is 0 Å². The maximum atomic E-state index is 6.13. The van der Waals surface area contributed by atoms with Gasteiger partial charge in [-0.05, 0) is 38.8 Å². The van der Waals surface area contributed by atoms with Crippen molar-refractivity contribution in [2.45, 2.75) is 44.7 Å². The normalized spacial score (nSPS) is 22.6. The highest BCUT2D eigenvalue weighted by molar-refractivity contribution is 6.16. The van der Waals surface area contributed by atoms with E-state index in [1.54, 1.807) is 0 Å². The van der Waals surface area contributed by atoms with Crippen molar-refractivity contribution >= 4 is 22.6 Å². The van der Waals surface area contributed by atoms with Gasteiger partial charge in [0.25, 0.3) is 0 Å². The van der Waals surface area contributed by atoms with E-state index in [0.717, 1.165) is 42.1 Å². The van der Waals surface area contributed by atoms with Crippen molar-refractivity contribution < 1.29 is 9.47 Å². The number of halogens is 1. The molecule has 1 fully saturated rings. The number of nitrogens with zero attached hydrogens (tertiary/aromatic N) is 2. The van der Waals surface area contributed by atoms with Crippen LogP contribution in [0.4, 0.5) is 0 Å². The second kappa shape index (κ2) is 6.24. The molecule has 0 spiro atoms. The first-order chi connectivity index (χ1) is 10.2. The van der Waals surface area contributed by atoms with Gasteiger partial charge >= 0.3 is 0 Å². The number of hydrogen-bond acceptors (Lipinski definition) is 3. The van der Waals surface area contributed by atoms with Crippen LogP contribution < -0.4 is 4.74 Å². The van der Waals surface area contributed by atoms with Gasteiger partial charge in [-0.15, -0.1) is 11.6 Å². The second-order valence-electron chi connectivity index (χ2n) is 5.45. The Morgan fingerprint density at radius 2 is 2.33 bits per heavy atom. The molecule has 0 bridgehead atoms. The van der Waals surface area contributed by atoms with Crippen molar-refractivity contribution in [3.05, 3.63) is 24.0 Å². The third-order valence-corrected chi connectivity index (χ3v) is 4.24. The Labute approximate surface area is 130 Å². The minimum Gasteiger partial charge on any atom is -0.492 e. The van der Waals surface area contributed by atoms with Crippen LogP contribution in [0.15, 0.2) is 18.2 Å². The number of rotatable bonds is 4. The van der Waals surface area contributed by atoms with Crippen molar-refractivity contribution in [1.29, 1.82) is 0 Å². The van der Waals surface area contributed by atoms with Crippen LogP contribution in [0.3, 0.4) is 0 Å². The Bertz CT molecular complexity index is 626. The van der Waals surface area contributed by atoms with Gasteiger partial charge in [-0.25, -0.2) is 4.98 Å². The molecule has 0 saturated carbocycles. The topological polar surface area (TPSA) is 36.3 Å². The number of fused-ring (bicyclic) bond motifs is 1. The molecule has 3 rings (SSSR count). The summed E-state index contributed by atoms with van der Waals surface area (Å²) < 4.78 is 13.6. The molecule has 2 heterocycles. The minimum atomic E-state index is 0.277. The fourth-order valence-electron chi connectivity index (χ4n) is 3.12. The lowest BCUT2D eigenvalue weighted by Gasteiger charge is -2.29. The van der Waals surface area contributed by atoms with Gasteiger partial charge in [0.15, 0.2) is 0 Å². The molecule has 1 aliphatic rings. The van der Waals surface area contributed by atoms with Gasteiger partial charge in [-0.1, -0.05) is 6.07 Å². The molecule has 114 valence electrons. The number of aromatic nitrogens is 2. The zero-order chi connectivity index (χ0) is 14.8. The first-order valence-electron chi connectivity index (χ1n) is 7.54. The third-order valence-electron chi connectivity index (χ3n) is 4.00. The molecule has 1 aliphatic heterocycles. The highest BCUT2D eigenvalue weighted by Crippen LogP contribution is 2.34. The van der Waals surface area contributed by atoms with E-state index >= 15 is 0 Å². The average molecular weight is 309 g/mol.